The lowest BCUT2D eigenvalue weighted by Crippen LogP contribution is -2.26. The third kappa shape index (κ3) is 2.32. The van der Waals surface area contributed by atoms with E-state index >= 15 is 0 Å². The maximum atomic E-state index is 6.54. The van der Waals surface area contributed by atoms with Crippen LogP contribution >= 0.6 is 11.6 Å². The van der Waals surface area contributed by atoms with E-state index in [0.717, 1.165) is 10.6 Å². The molecule has 0 saturated heterocycles. The van der Waals surface area contributed by atoms with Gasteiger partial charge in [0.2, 0.25) is 5.69 Å². The highest BCUT2D eigenvalue weighted by Gasteiger charge is 2.42. The molecule has 1 heterocycles. The first-order valence-electron chi connectivity index (χ1n) is 7.15. The van der Waals surface area contributed by atoms with Crippen molar-refractivity contribution in [1.82, 2.24) is 0 Å². The zero-order valence-electron chi connectivity index (χ0n) is 12.6. The quantitative estimate of drug-likeness (QED) is 0.688. The molecule has 2 heteroatoms. The third-order valence-electron chi connectivity index (χ3n) is 4.25. The summed E-state index contributed by atoms with van der Waals surface area (Å²) >= 11 is 6.54. The van der Waals surface area contributed by atoms with Gasteiger partial charge in [-0.2, -0.15) is 4.58 Å². The highest BCUT2D eigenvalue weighted by molar-refractivity contribution is 6.50. The Morgan fingerprint density at radius 1 is 1.00 bits per heavy atom. The maximum absolute atomic E-state index is 6.54. The summed E-state index contributed by atoms with van der Waals surface area (Å²) in [6, 6.07) is 18.6. The van der Waals surface area contributed by atoms with Crippen LogP contribution in [0.5, 0.6) is 0 Å². The smallest absolute Gasteiger partial charge is 0.198 e. The van der Waals surface area contributed by atoms with Crippen molar-refractivity contribution in [3.8, 4) is 0 Å². The number of para-hydroxylation sites is 1. The largest absolute Gasteiger partial charge is 0.209 e. The first-order valence-corrected chi connectivity index (χ1v) is 7.53. The van der Waals surface area contributed by atoms with Gasteiger partial charge in [0.25, 0.3) is 0 Å². The van der Waals surface area contributed by atoms with E-state index < -0.39 is 0 Å². The summed E-state index contributed by atoms with van der Waals surface area (Å²) in [5, 5.41) is 0.776. The zero-order chi connectivity index (χ0) is 15.0. The molecule has 0 aromatic heterocycles. The van der Waals surface area contributed by atoms with Crippen molar-refractivity contribution < 1.29 is 4.58 Å². The topological polar surface area (TPSA) is 3.01 Å². The maximum Gasteiger partial charge on any atom is 0.209 e. The van der Waals surface area contributed by atoms with Crippen LogP contribution in [0.25, 0.3) is 5.03 Å². The van der Waals surface area contributed by atoms with E-state index in [2.05, 4.69) is 55.8 Å². The molecule has 2 aromatic carbocycles. The Kier molecular flexibility index (Phi) is 3.46. The molecule has 0 fully saturated rings. The summed E-state index contributed by atoms with van der Waals surface area (Å²) < 4.78 is 2.24. The first kappa shape index (κ1) is 14.1. The molecule has 0 aliphatic carbocycles. The van der Waals surface area contributed by atoms with Crippen molar-refractivity contribution in [1.29, 1.82) is 0 Å². The number of hydrogen-bond donors (Lipinski definition) is 0. The number of nitrogens with zero attached hydrogens (tertiary/aromatic N) is 1. The summed E-state index contributed by atoms with van der Waals surface area (Å²) in [4.78, 5) is 0. The summed E-state index contributed by atoms with van der Waals surface area (Å²) in [5.74, 6) is 0. The van der Waals surface area contributed by atoms with E-state index in [1.165, 1.54) is 17.0 Å². The molecule has 0 atom stereocenters. The second-order valence-electron chi connectivity index (χ2n) is 5.94. The van der Waals surface area contributed by atoms with Crippen molar-refractivity contribution in [2.24, 2.45) is 0 Å². The van der Waals surface area contributed by atoms with Gasteiger partial charge in [-0.15, -0.1) is 0 Å². The summed E-state index contributed by atoms with van der Waals surface area (Å²) in [6.07, 6.45) is 2.09. The van der Waals surface area contributed by atoms with Gasteiger partial charge in [-0.3, -0.25) is 0 Å². The number of hydrogen-bond acceptors (Lipinski definition) is 0. The predicted molar refractivity (Wildman–Crippen MR) is 90.6 cm³/mol. The molecule has 21 heavy (non-hydrogen) atoms. The SMILES string of the molecule is C[N+]1=C(C=C(Cl)c2ccccc2)C(C)(C)c2ccccc21. The van der Waals surface area contributed by atoms with Crippen LogP contribution in [0.3, 0.4) is 0 Å². The molecule has 1 aliphatic heterocycles. The Morgan fingerprint density at radius 2 is 1.62 bits per heavy atom. The van der Waals surface area contributed by atoms with Crippen molar-refractivity contribution in [3.05, 3.63) is 71.8 Å². The molecule has 0 amide bonds. The van der Waals surface area contributed by atoms with E-state index in [1.807, 2.05) is 30.3 Å². The number of rotatable bonds is 2. The molecular formula is C19H19ClN+. The van der Waals surface area contributed by atoms with Crippen molar-refractivity contribution in [2.45, 2.75) is 19.3 Å². The molecule has 0 bridgehead atoms. The average molecular weight is 297 g/mol. The number of allylic oxidation sites excluding steroid dienone is 1. The Balaban J connectivity index is 2.10. The van der Waals surface area contributed by atoms with Gasteiger partial charge in [0.1, 0.15) is 7.05 Å². The van der Waals surface area contributed by atoms with Crippen LogP contribution in [0.2, 0.25) is 0 Å². The Hall–Kier alpha value is -1.86. The predicted octanol–water partition coefficient (Wildman–Crippen LogP) is 4.97. The number of halogens is 1. The van der Waals surface area contributed by atoms with Crippen molar-refractivity contribution >= 4 is 28.0 Å². The highest BCUT2D eigenvalue weighted by Crippen LogP contribution is 2.39. The molecule has 1 nitrogen and oxygen atoms in total. The fourth-order valence-electron chi connectivity index (χ4n) is 3.06. The molecule has 0 unspecified atom stereocenters. The fraction of sp³-hybridized carbons (Fsp3) is 0.211. The molecule has 0 saturated carbocycles. The normalized spacial score (nSPS) is 17.0. The van der Waals surface area contributed by atoms with Crippen molar-refractivity contribution in [3.63, 3.8) is 0 Å². The Morgan fingerprint density at radius 3 is 2.29 bits per heavy atom. The second kappa shape index (κ2) is 5.16. The summed E-state index contributed by atoms with van der Waals surface area (Å²) in [7, 11) is 2.11. The van der Waals surface area contributed by atoms with Crippen LogP contribution in [0.15, 0.2) is 60.7 Å². The van der Waals surface area contributed by atoms with Gasteiger partial charge in [0, 0.05) is 17.7 Å². The van der Waals surface area contributed by atoms with Crippen LogP contribution in [0, 0.1) is 0 Å². The minimum atomic E-state index is -0.0414. The highest BCUT2D eigenvalue weighted by atomic mass is 35.5. The van der Waals surface area contributed by atoms with Crippen molar-refractivity contribution in [2.75, 3.05) is 7.05 Å². The standard InChI is InChI=1S/C19H19ClN/c1-19(2)15-11-7-8-12-17(15)21(3)18(19)13-16(20)14-9-5-4-6-10-14/h4-13H,1-3H3/q+1. The second-order valence-corrected chi connectivity index (χ2v) is 6.35. The minimum absolute atomic E-state index is 0.0414. The summed E-state index contributed by atoms with van der Waals surface area (Å²) in [6.45, 7) is 4.49. The third-order valence-corrected chi connectivity index (χ3v) is 4.58. The lowest BCUT2D eigenvalue weighted by Gasteiger charge is -2.15. The summed E-state index contributed by atoms with van der Waals surface area (Å²) in [5.41, 5.74) is 4.83. The lowest BCUT2D eigenvalue weighted by atomic mass is 9.81. The van der Waals surface area contributed by atoms with Gasteiger partial charge in [-0.25, -0.2) is 0 Å². The zero-order valence-corrected chi connectivity index (χ0v) is 13.4. The number of benzene rings is 2. The van der Waals surface area contributed by atoms with Gasteiger partial charge in [-0.05, 0) is 19.4 Å². The minimum Gasteiger partial charge on any atom is -0.198 e. The van der Waals surface area contributed by atoms with E-state index in [9.17, 15) is 0 Å². The molecule has 3 rings (SSSR count). The van der Waals surface area contributed by atoms with E-state index in [4.69, 9.17) is 11.6 Å². The van der Waals surface area contributed by atoms with E-state index in [0.29, 0.717) is 0 Å². The van der Waals surface area contributed by atoms with Gasteiger partial charge in [0.05, 0.1) is 10.4 Å². The fourth-order valence-corrected chi connectivity index (χ4v) is 3.29. The molecular weight excluding hydrogens is 278 g/mol. The molecule has 0 N–H and O–H groups in total. The van der Waals surface area contributed by atoms with Crippen LogP contribution in [0.1, 0.15) is 25.0 Å². The van der Waals surface area contributed by atoms with Gasteiger partial charge >= 0.3 is 0 Å². The average Bonchev–Trinajstić information content (AvgIpc) is 2.70. The van der Waals surface area contributed by atoms with Gasteiger partial charge in [-0.1, -0.05) is 60.1 Å². The van der Waals surface area contributed by atoms with Crippen LogP contribution < -0.4 is 0 Å². The molecule has 2 aromatic rings. The van der Waals surface area contributed by atoms with Gasteiger partial charge < -0.3 is 0 Å². The Bertz CT molecular complexity index is 739. The Labute approximate surface area is 131 Å². The molecule has 0 radical (unpaired) electrons. The van der Waals surface area contributed by atoms with Crippen LogP contribution in [-0.2, 0) is 5.41 Å². The van der Waals surface area contributed by atoms with Crippen LogP contribution in [-0.4, -0.2) is 17.3 Å². The molecule has 106 valence electrons. The number of fused-ring (bicyclic) bond motifs is 1. The van der Waals surface area contributed by atoms with Gasteiger partial charge in [0.15, 0.2) is 5.71 Å². The van der Waals surface area contributed by atoms with E-state index in [1.54, 1.807) is 0 Å². The monoisotopic (exact) mass is 296 g/mol. The lowest BCUT2D eigenvalue weighted by molar-refractivity contribution is -0.401. The van der Waals surface area contributed by atoms with E-state index in [-0.39, 0.29) is 5.41 Å². The van der Waals surface area contributed by atoms with Crippen LogP contribution in [0.4, 0.5) is 5.69 Å². The first-order chi connectivity index (χ1) is 10.0. The molecule has 1 aliphatic rings. The molecule has 0 spiro atoms.